The maximum Gasteiger partial charge on any atom is 0.163 e. The molecule has 9 aromatic rings. The van der Waals surface area contributed by atoms with Crippen LogP contribution in [0.5, 0.6) is 0 Å². The molecule has 0 N–H and O–H groups in total. The third-order valence-corrected chi connectivity index (χ3v) is 9.70. The van der Waals surface area contributed by atoms with Gasteiger partial charge in [0, 0.05) is 38.2 Å². The summed E-state index contributed by atoms with van der Waals surface area (Å²) in [7, 11) is 0. The molecule has 0 unspecified atom stereocenters. The zero-order chi connectivity index (χ0) is 33.4. The molecule has 6 aromatic carbocycles. The van der Waals surface area contributed by atoms with Crippen LogP contribution in [-0.4, -0.2) is 24.1 Å². The Bertz CT molecular complexity index is 2760. The molecule has 0 saturated carbocycles. The van der Waals surface area contributed by atoms with E-state index in [0.717, 1.165) is 28.1 Å². The molecule has 236 valence electrons. The molecule has 5 heteroatoms. The highest BCUT2D eigenvalue weighted by molar-refractivity contribution is 6.11. The molecule has 0 aliphatic heterocycles. The highest BCUT2D eigenvalue weighted by atomic mass is 15.0. The molecule has 0 bridgehead atoms. The first-order valence-corrected chi connectivity index (χ1v) is 16.8. The Morgan fingerprint density at radius 2 is 0.837 bits per heavy atom. The van der Waals surface area contributed by atoms with Crippen molar-refractivity contribution in [3.8, 4) is 33.9 Å². The number of aryl methyl sites for hydroxylation is 5. The van der Waals surface area contributed by atoms with Crippen LogP contribution in [0, 0.1) is 34.6 Å². The first kappa shape index (κ1) is 29.1. The lowest BCUT2D eigenvalue weighted by Crippen LogP contribution is -2.04. The molecule has 9 rings (SSSR count). The Balaban J connectivity index is 1.43. The minimum absolute atomic E-state index is 0.678. The Labute approximate surface area is 285 Å². The molecule has 3 aromatic heterocycles. The van der Waals surface area contributed by atoms with Crippen LogP contribution < -0.4 is 0 Å². The highest BCUT2D eigenvalue weighted by Gasteiger charge is 2.22. The van der Waals surface area contributed by atoms with E-state index in [4.69, 9.17) is 9.97 Å². The number of fused-ring (bicyclic) bond motifs is 6. The van der Waals surface area contributed by atoms with Crippen LogP contribution in [0.15, 0.2) is 121 Å². The van der Waals surface area contributed by atoms with Crippen molar-refractivity contribution < 1.29 is 0 Å². The van der Waals surface area contributed by atoms with Gasteiger partial charge in [0.2, 0.25) is 0 Å². The average molecular weight is 634 g/mol. The van der Waals surface area contributed by atoms with Crippen LogP contribution >= 0.6 is 0 Å². The fraction of sp³-hybridized carbons (Fsp3) is 0.114. The van der Waals surface area contributed by atoms with Crippen LogP contribution in [0.4, 0.5) is 0 Å². The van der Waals surface area contributed by atoms with Crippen molar-refractivity contribution in [3.05, 3.63) is 150 Å². The summed E-state index contributed by atoms with van der Waals surface area (Å²) in [5.74, 6) is 2.10. The normalized spacial score (nSPS) is 11.8. The molecular weight excluding hydrogens is 599 g/mol. The lowest BCUT2D eigenvalue weighted by Gasteiger charge is -2.20. The number of para-hydroxylation sites is 2. The summed E-state index contributed by atoms with van der Waals surface area (Å²) in [4.78, 5) is 14.1. The molecule has 0 aliphatic rings. The molecule has 0 fully saturated rings. The second-order valence-electron chi connectivity index (χ2n) is 13.3. The van der Waals surface area contributed by atoms with Crippen LogP contribution in [0.2, 0.25) is 0 Å². The molecule has 0 aliphatic carbocycles. The van der Waals surface area contributed by atoms with E-state index in [1.807, 2.05) is 13.8 Å². The molecule has 5 nitrogen and oxygen atoms in total. The Kier molecular flexibility index (Phi) is 6.53. The number of hydrogen-bond donors (Lipinski definition) is 0. The van der Waals surface area contributed by atoms with Gasteiger partial charge in [-0.3, -0.25) is 0 Å². The summed E-state index contributed by atoms with van der Waals surface area (Å²) in [6, 6.07) is 44.5. The summed E-state index contributed by atoms with van der Waals surface area (Å²) in [5, 5.41) is 4.96. The number of aromatic nitrogens is 5. The van der Waals surface area contributed by atoms with Gasteiger partial charge in [-0.05, 0) is 100 Å². The van der Waals surface area contributed by atoms with Crippen LogP contribution in [0.1, 0.15) is 28.3 Å². The van der Waals surface area contributed by atoms with E-state index in [2.05, 4.69) is 156 Å². The van der Waals surface area contributed by atoms with Crippen molar-refractivity contribution in [2.75, 3.05) is 0 Å². The second-order valence-corrected chi connectivity index (χ2v) is 13.3. The van der Waals surface area contributed by atoms with Gasteiger partial charge in [0.25, 0.3) is 0 Å². The lowest BCUT2D eigenvalue weighted by molar-refractivity contribution is 0.928. The van der Waals surface area contributed by atoms with E-state index in [1.54, 1.807) is 0 Å². The van der Waals surface area contributed by atoms with Gasteiger partial charge in [0.05, 0.1) is 33.4 Å². The maximum atomic E-state index is 4.79. The Morgan fingerprint density at radius 3 is 1.41 bits per heavy atom. The fourth-order valence-electron chi connectivity index (χ4n) is 7.57. The minimum atomic E-state index is 0.678. The molecule has 49 heavy (non-hydrogen) atoms. The third-order valence-electron chi connectivity index (χ3n) is 9.70. The molecule has 0 spiro atoms. The van der Waals surface area contributed by atoms with Gasteiger partial charge in [-0.15, -0.1) is 0 Å². The van der Waals surface area contributed by atoms with Crippen molar-refractivity contribution in [1.82, 2.24) is 24.1 Å². The van der Waals surface area contributed by atoms with Crippen LogP contribution in [-0.2, 0) is 0 Å². The van der Waals surface area contributed by atoms with Gasteiger partial charge in [0.1, 0.15) is 11.6 Å². The molecular formula is C44H35N5. The molecule has 0 radical (unpaired) electrons. The minimum Gasteiger partial charge on any atom is -0.309 e. The molecule has 0 saturated heterocycles. The van der Waals surface area contributed by atoms with E-state index < -0.39 is 0 Å². The molecule has 0 amide bonds. The van der Waals surface area contributed by atoms with Crippen LogP contribution in [0.25, 0.3) is 77.5 Å². The number of hydrogen-bond acceptors (Lipinski definition) is 3. The SMILES string of the molecule is Cc1ccc(-n2c3ccccc3c3ccc(C)cc32)c(-c2cc(-c3nc(C)nc(C)n3)ccc2-n2c3ccccc3c3ccc(C)cc32)c1. The molecule has 3 heterocycles. The van der Waals surface area contributed by atoms with E-state index in [9.17, 15) is 0 Å². The zero-order valence-electron chi connectivity index (χ0n) is 28.3. The summed E-state index contributed by atoms with van der Waals surface area (Å²) in [5.41, 5.74) is 13.8. The summed E-state index contributed by atoms with van der Waals surface area (Å²) in [6.45, 7) is 10.4. The summed E-state index contributed by atoms with van der Waals surface area (Å²) >= 11 is 0. The number of benzene rings is 6. The maximum absolute atomic E-state index is 4.79. The predicted molar refractivity (Wildman–Crippen MR) is 203 cm³/mol. The molecule has 0 atom stereocenters. The topological polar surface area (TPSA) is 48.5 Å². The van der Waals surface area contributed by atoms with Crippen molar-refractivity contribution in [1.29, 1.82) is 0 Å². The van der Waals surface area contributed by atoms with Gasteiger partial charge in [-0.25, -0.2) is 15.0 Å². The monoisotopic (exact) mass is 633 g/mol. The second kappa shape index (κ2) is 11.0. The predicted octanol–water partition coefficient (Wildman–Crippen LogP) is 10.9. The largest absolute Gasteiger partial charge is 0.309 e. The first-order chi connectivity index (χ1) is 23.8. The van der Waals surface area contributed by atoms with Crippen molar-refractivity contribution in [2.24, 2.45) is 0 Å². The van der Waals surface area contributed by atoms with E-state index >= 15 is 0 Å². The smallest absolute Gasteiger partial charge is 0.163 e. The van der Waals surface area contributed by atoms with Gasteiger partial charge in [0.15, 0.2) is 5.82 Å². The van der Waals surface area contributed by atoms with Crippen LogP contribution in [0.3, 0.4) is 0 Å². The fourth-order valence-corrected chi connectivity index (χ4v) is 7.57. The number of nitrogens with zero attached hydrogens (tertiary/aromatic N) is 5. The van der Waals surface area contributed by atoms with E-state index in [1.165, 1.54) is 60.3 Å². The van der Waals surface area contributed by atoms with Crippen molar-refractivity contribution in [2.45, 2.75) is 34.6 Å². The summed E-state index contributed by atoms with van der Waals surface area (Å²) in [6.07, 6.45) is 0. The van der Waals surface area contributed by atoms with Crippen molar-refractivity contribution in [3.63, 3.8) is 0 Å². The van der Waals surface area contributed by atoms with E-state index in [0.29, 0.717) is 17.5 Å². The Hall–Kier alpha value is -6.07. The zero-order valence-corrected chi connectivity index (χ0v) is 28.3. The lowest BCUT2D eigenvalue weighted by atomic mass is 9.96. The highest BCUT2D eigenvalue weighted by Crippen LogP contribution is 2.42. The average Bonchev–Trinajstić information content (AvgIpc) is 3.59. The van der Waals surface area contributed by atoms with E-state index in [-0.39, 0.29) is 0 Å². The third kappa shape index (κ3) is 4.65. The van der Waals surface area contributed by atoms with Gasteiger partial charge < -0.3 is 9.13 Å². The van der Waals surface area contributed by atoms with Gasteiger partial charge >= 0.3 is 0 Å². The van der Waals surface area contributed by atoms with Gasteiger partial charge in [-0.2, -0.15) is 0 Å². The summed E-state index contributed by atoms with van der Waals surface area (Å²) < 4.78 is 4.87. The van der Waals surface area contributed by atoms with Gasteiger partial charge in [-0.1, -0.05) is 72.3 Å². The Morgan fingerprint density at radius 1 is 0.388 bits per heavy atom. The quantitative estimate of drug-likeness (QED) is 0.194. The number of rotatable bonds is 4. The van der Waals surface area contributed by atoms with Crippen molar-refractivity contribution >= 4 is 43.6 Å². The standard InChI is InChI=1S/C44H35N5/c1-26-16-20-40(48-38-12-8-6-10-32(38)34-18-14-27(2)23-42(34)48)36(22-26)37-25-31(44-46-29(4)45-30(5)47-44)17-21-41(37)49-39-13-9-7-11-33(39)35-19-15-28(3)24-43(35)49/h6-25H,1-5H3. The first-order valence-electron chi connectivity index (χ1n) is 16.8.